The Bertz CT molecular complexity index is 2540. The number of carbonyl (C=O) groups is 3. The maximum absolute atomic E-state index is 14.0. The number of imide groups is 1. The SMILES string of the molecule is COc1cc2c(cc1OC(C)C)[C@H](c1ccc(Cl)cc1)N(c1ccc(N(C)CC3CCN(CCCCCCc4ccc5c(c4)n(C)c(=O)n5C4CCC(=O)NC4=O)CC3)cc1)C(=O)C2. The van der Waals surface area contributed by atoms with Crippen LogP contribution in [-0.4, -0.2) is 78.2 Å². The van der Waals surface area contributed by atoms with Crippen molar-refractivity contribution in [2.45, 2.75) is 96.2 Å². The highest BCUT2D eigenvalue weighted by Crippen LogP contribution is 2.44. The number of methoxy groups -OCH3 is 1. The number of anilines is 2. The zero-order chi connectivity index (χ0) is 45.1. The van der Waals surface area contributed by atoms with Gasteiger partial charge in [-0.3, -0.25) is 28.8 Å². The van der Waals surface area contributed by atoms with E-state index in [4.69, 9.17) is 21.1 Å². The van der Waals surface area contributed by atoms with Crippen molar-refractivity contribution < 1.29 is 23.9 Å². The minimum Gasteiger partial charge on any atom is -0.493 e. The summed E-state index contributed by atoms with van der Waals surface area (Å²) in [6.45, 7) is 8.34. The Morgan fingerprint density at radius 1 is 0.844 bits per heavy atom. The monoisotopic (exact) mass is 888 g/mol. The first-order valence-electron chi connectivity index (χ1n) is 22.9. The quantitative estimate of drug-likeness (QED) is 0.0776. The highest BCUT2D eigenvalue weighted by atomic mass is 35.5. The third-order valence-electron chi connectivity index (χ3n) is 13.3. The molecule has 0 radical (unpaired) electrons. The van der Waals surface area contributed by atoms with Gasteiger partial charge in [-0.2, -0.15) is 0 Å². The molecule has 4 aromatic carbocycles. The van der Waals surface area contributed by atoms with Gasteiger partial charge in [0.05, 0.1) is 36.7 Å². The largest absolute Gasteiger partial charge is 0.493 e. The smallest absolute Gasteiger partial charge is 0.329 e. The van der Waals surface area contributed by atoms with Gasteiger partial charge in [-0.25, -0.2) is 4.79 Å². The van der Waals surface area contributed by atoms with E-state index in [2.05, 4.69) is 58.6 Å². The van der Waals surface area contributed by atoms with Crippen LogP contribution < -0.4 is 30.3 Å². The van der Waals surface area contributed by atoms with Crippen LogP contribution in [-0.2, 0) is 34.3 Å². The maximum Gasteiger partial charge on any atom is 0.329 e. The van der Waals surface area contributed by atoms with Crippen molar-refractivity contribution in [3.8, 4) is 11.5 Å². The van der Waals surface area contributed by atoms with Gasteiger partial charge in [-0.1, -0.05) is 42.6 Å². The molecule has 64 heavy (non-hydrogen) atoms. The van der Waals surface area contributed by atoms with Crippen molar-refractivity contribution in [1.29, 1.82) is 0 Å². The van der Waals surface area contributed by atoms with Crippen LogP contribution in [0.15, 0.2) is 83.7 Å². The minimum absolute atomic E-state index is 0.0190. The van der Waals surface area contributed by atoms with Crippen LogP contribution in [0.3, 0.4) is 0 Å². The zero-order valence-electron chi connectivity index (χ0n) is 37.8. The van der Waals surface area contributed by atoms with Crippen molar-refractivity contribution in [3.63, 3.8) is 0 Å². The topological polar surface area (TPSA) is 118 Å². The van der Waals surface area contributed by atoms with E-state index in [1.807, 2.05) is 61.2 Å². The predicted molar refractivity (Wildman–Crippen MR) is 253 cm³/mol. The molecule has 338 valence electrons. The van der Waals surface area contributed by atoms with E-state index in [1.54, 1.807) is 18.7 Å². The first kappa shape index (κ1) is 45.0. The predicted octanol–water partition coefficient (Wildman–Crippen LogP) is 8.40. The molecule has 3 aliphatic heterocycles. The van der Waals surface area contributed by atoms with Gasteiger partial charge >= 0.3 is 5.69 Å². The van der Waals surface area contributed by atoms with Crippen molar-refractivity contribution in [1.82, 2.24) is 19.4 Å². The molecule has 3 amide bonds. The third-order valence-corrected chi connectivity index (χ3v) is 13.6. The number of likely N-dealkylation sites (tertiary alicyclic amines) is 1. The Morgan fingerprint density at radius 3 is 2.28 bits per heavy atom. The molecular formula is C51H61ClN6O6. The van der Waals surface area contributed by atoms with E-state index in [9.17, 15) is 19.2 Å². The fraction of sp³-hybridized carbons (Fsp3) is 0.451. The molecule has 2 saturated heterocycles. The van der Waals surface area contributed by atoms with Gasteiger partial charge in [0, 0.05) is 43.5 Å². The summed E-state index contributed by atoms with van der Waals surface area (Å²) in [7, 11) is 5.54. The van der Waals surface area contributed by atoms with Gasteiger partial charge in [-0.15, -0.1) is 0 Å². The van der Waals surface area contributed by atoms with E-state index < -0.39 is 11.9 Å². The Morgan fingerprint density at radius 2 is 1.58 bits per heavy atom. The highest BCUT2D eigenvalue weighted by molar-refractivity contribution is 6.30. The molecule has 0 aliphatic carbocycles. The molecule has 2 fully saturated rings. The molecule has 1 unspecified atom stereocenters. The Hall–Kier alpha value is -5.59. The molecule has 1 aromatic heterocycles. The number of unbranched alkanes of at least 4 members (excludes halogenated alkanes) is 3. The molecule has 0 bridgehead atoms. The molecule has 4 heterocycles. The van der Waals surface area contributed by atoms with Crippen molar-refractivity contribution in [3.05, 3.63) is 117 Å². The molecule has 12 nitrogen and oxygen atoms in total. The number of carbonyl (C=O) groups excluding carboxylic acids is 3. The summed E-state index contributed by atoms with van der Waals surface area (Å²) in [4.78, 5) is 58.3. The number of ether oxygens (including phenoxy) is 2. The molecular weight excluding hydrogens is 828 g/mol. The van der Waals surface area contributed by atoms with Crippen molar-refractivity contribution in [2.75, 3.05) is 50.1 Å². The molecule has 5 aromatic rings. The normalized spacial score (nSPS) is 18.4. The fourth-order valence-electron chi connectivity index (χ4n) is 9.89. The first-order chi connectivity index (χ1) is 30.9. The Labute approximate surface area is 381 Å². The number of piperidine rings is 2. The van der Waals surface area contributed by atoms with Crippen molar-refractivity contribution >= 4 is 51.7 Å². The van der Waals surface area contributed by atoms with Crippen molar-refractivity contribution in [2.24, 2.45) is 13.0 Å². The average Bonchev–Trinajstić information content (AvgIpc) is 3.52. The van der Waals surface area contributed by atoms with Crippen LogP contribution in [0, 0.1) is 5.92 Å². The number of fused-ring (bicyclic) bond motifs is 2. The van der Waals surface area contributed by atoms with E-state index in [1.165, 1.54) is 35.8 Å². The molecule has 1 N–H and O–H groups in total. The number of nitrogens with one attached hydrogen (secondary N) is 1. The van der Waals surface area contributed by atoms with Gasteiger partial charge in [0.15, 0.2) is 11.5 Å². The number of nitrogens with zero attached hydrogens (tertiary/aromatic N) is 5. The number of aromatic nitrogens is 2. The highest BCUT2D eigenvalue weighted by Gasteiger charge is 2.36. The number of imidazole rings is 1. The van der Waals surface area contributed by atoms with Gasteiger partial charge in [0.25, 0.3) is 0 Å². The number of amides is 3. The van der Waals surface area contributed by atoms with Crippen LogP contribution >= 0.6 is 11.6 Å². The van der Waals surface area contributed by atoms with Gasteiger partial charge < -0.3 is 24.2 Å². The summed E-state index contributed by atoms with van der Waals surface area (Å²) < 4.78 is 15.0. The van der Waals surface area contributed by atoms with Crippen LogP contribution in [0.1, 0.15) is 99.6 Å². The fourth-order valence-corrected chi connectivity index (χ4v) is 10.0. The lowest BCUT2D eigenvalue weighted by molar-refractivity contribution is -0.135. The average molecular weight is 890 g/mol. The van der Waals surface area contributed by atoms with Crippen LogP contribution in [0.25, 0.3) is 11.0 Å². The lowest BCUT2D eigenvalue weighted by Crippen LogP contribution is -2.44. The number of aryl methyl sites for hydroxylation is 2. The number of hydrogen-bond donors (Lipinski definition) is 1. The first-order valence-corrected chi connectivity index (χ1v) is 23.3. The minimum atomic E-state index is -0.668. The second kappa shape index (κ2) is 19.7. The molecule has 0 spiro atoms. The zero-order valence-corrected chi connectivity index (χ0v) is 38.5. The van der Waals surface area contributed by atoms with Crippen LogP contribution in [0.4, 0.5) is 11.4 Å². The summed E-state index contributed by atoms with van der Waals surface area (Å²) in [5.74, 6) is 1.22. The maximum atomic E-state index is 14.0. The Balaban J connectivity index is 0.808. The summed E-state index contributed by atoms with van der Waals surface area (Å²) in [5, 5.41) is 3.02. The number of rotatable bonds is 16. The molecule has 13 heteroatoms. The van der Waals surface area contributed by atoms with E-state index in [0.717, 1.165) is 84.5 Å². The number of halogens is 1. The van der Waals surface area contributed by atoms with Gasteiger partial charge in [-0.05, 0) is 161 Å². The van der Waals surface area contributed by atoms with E-state index >= 15 is 0 Å². The summed E-state index contributed by atoms with van der Waals surface area (Å²) in [5.41, 5.74) is 7.38. The molecule has 0 saturated carbocycles. The second-order valence-electron chi connectivity index (χ2n) is 18.1. The lowest BCUT2D eigenvalue weighted by Gasteiger charge is -2.38. The molecule has 3 aliphatic rings. The number of benzene rings is 4. The van der Waals surface area contributed by atoms with E-state index in [-0.39, 0.29) is 42.5 Å². The molecule has 2 atom stereocenters. The van der Waals surface area contributed by atoms with Crippen LogP contribution in [0.2, 0.25) is 5.02 Å². The van der Waals surface area contributed by atoms with Gasteiger partial charge in [0.1, 0.15) is 6.04 Å². The van der Waals surface area contributed by atoms with Gasteiger partial charge in [0.2, 0.25) is 17.7 Å². The number of hydrogen-bond acceptors (Lipinski definition) is 8. The summed E-state index contributed by atoms with van der Waals surface area (Å²) in [6.07, 6.45) is 8.68. The van der Waals surface area contributed by atoms with Crippen LogP contribution in [0.5, 0.6) is 11.5 Å². The summed E-state index contributed by atoms with van der Waals surface area (Å²) in [6, 6.07) is 25.2. The second-order valence-corrected chi connectivity index (χ2v) is 18.5. The lowest BCUT2D eigenvalue weighted by atomic mass is 9.86. The molecule has 8 rings (SSSR count). The summed E-state index contributed by atoms with van der Waals surface area (Å²) >= 11 is 6.33. The van der Waals surface area contributed by atoms with E-state index in [0.29, 0.717) is 28.9 Å². The standard InChI is InChI=1S/C51H61ClN6O6/c1-33(2)64-46-31-41-37(29-45(46)63-5)30-48(60)57(49(41)36-12-14-38(52)15-13-36)40-18-16-39(17-19-40)54(3)32-35-23-26-56(27-24-35)25-9-7-6-8-10-34-11-20-42-44(28-34)55(4)51(62)58(42)43-21-22-47(59)53-50(43)61/h11-20,28-29,31,33,35,43,49H,6-10,21-27,30,32H2,1-5H3,(H,53,59,61)/t43?,49-/m0/s1. The third kappa shape index (κ3) is 9.73. The Kier molecular flexibility index (Phi) is 13.8.